The smallest absolute Gasteiger partial charge is 0.248 e. The van der Waals surface area contributed by atoms with Crippen molar-refractivity contribution in [2.24, 2.45) is 0 Å². The normalized spacial score (nSPS) is 11.1. The third-order valence-electron chi connectivity index (χ3n) is 2.70. The number of aromatic nitrogens is 1. The van der Waals surface area contributed by atoms with Crippen molar-refractivity contribution in [1.29, 1.82) is 0 Å². The molecule has 0 aliphatic carbocycles. The Morgan fingerprint density at radius 3 is 2.62 bits per heavy atom. The lowest BCUT2D eigenvalue weighted by Gasteiger charge is -2.04. The van der Waals surface area contributed by atoms with Gasteiger partial charge in [-0.2, -0.15) is 0 Å². The van der Waals surface area contributed by atoms with Crippen LogP contribution in [0.25, 0.3) is 21.7 Å². The molecular formula is C13H8ClNO. The number of halogens is 1. The predicted octanol–water partition coefficient (Wildman–Crippen LogP) is 3.33. The summed E-state index contributed by atoms with van der Waals surface area (Å²) in [4.78, 5) is 14.2. The van der Waals surface area contributed by atoms with Gasteiger partial charge in [0, 0.05) is 21.9 Å². The molecule has 0 amide bonds. The first-order valence-corrected chi connectivity index (χ1v) is 5.34. The first-order chi connectivity index (χ1) is 7.75. The number of benzene rings is 2. The van der Waals surface area contributed by atoms with Gasteiger partial charge in [-0.25, -0.2) is 0 Å². The van der Waals surface area contributed by atoms with E-state index in [4.69, 9.17) is 11.6 Å². The molecule has 2 aromatic carbocycles. The Kier molecular flexibility index (Phi) is 1.98. The first-order valence-electron chi connectivity index (χ1n) is 4.96. The van der Waals surface area contributed by atoms with Crippen molar-refractivity contribution in [2.75, 3.05) is 0 Å². The van der Waals surface area contributed by atoms with Crippen molar-refractivity contribution in [3.63, 3.8) is 0 Å². The fraction of sp³-hybridized carbons (Fsp3) is 0. The van der Waals surface area contributed by atoms with Gasteiger partial charge >= 0.3 is 0 Å². The Hall–Kier alpha value is -1.80. The summed E-state index contributed by atoms with van der Waals surface area (Å²) in [7, 11) is 0. The lowest BCUT2D eigenvalue weighted by atomic mass is 10.1. The van der Waals surface area contributed by atoms with E-state index >= 15 is 0 Å². The molecular weight excluding hydrogens is 222 g/mol. The van der Waals surface area contributed by atoms with E-state index in [2.05, 4.69) is 4.98 Å². The first kappa shape index (κ1) is 9.43. The Balaban J connectivity index is 2.63. The molecule has 2 nitrogen and oxygen atoms in total. The zero-order chi connectivity index (χ0) is 11.1. The third-order valence-corrected chi connectivity index (χ3v) is 3.03. The van der Waals surface area contributed by atoms with Crippen molar-refractivity contribution in [2.45, 2.75) is 0 Å². The van der Waals surface area contributed by atoms with Crippen LogP contribution < -0.4 is 5.56 Å². The maximum Gasteiger partial charge on any atom is 0.248 e. The van der Waals surface area contributed by atoms with Crippen LogP contribution in [0.4, 0.5) is 0 Å². The molecule has 1 aromatic heterocycles. The van der Waals surface area contributed by atoms with Gasteiger partial charge in [-0.15, -0.1) is 0 Å². The maximum atomic E-state index is 11.3. The number of nitrogens with one attached hydrogen (secondary N) is 1. The van der Waals surface area contributed by atoms with Crippen molar-refractivity contribution in [1.82, 2.24) is 4.98 Å². The van der Waals surface area contributed by atoms with Gasteiger partial charge in [-0.3, -0.25) is 4.79 Å². The Bertz CT molecular complexity index is 746. The molecule has 3 rings (SSSR count). The highest BCUT2D eigenvalue weighted by Crippen LogP contribution is 2.27. The summed E-state index contributed by atoms with van der Waals surface area (Å²) in [5, 5.41) is 3.64. The van der Waals surface area contributed by atoms with E-state index in [0.29, 0.717) is 5.02 Å². The number of rotatable bonds is 0. The standard InChI is InChI=1S/C13H8ClNO/c14-11-3-1-2-10-9(11)6-4-8-5-7-12(16)15-13(8)10/h1-7H,(H,15,16). The highest BCUT2D eigenvalue weighted by atomic mass is 35.5. The van der Waals surface area contributed by atoms with Crippen LogP contribution in [0.1, 0.15) is 0 Å². The average molecular weight is 230 g/mol. The number of fused-ring (bicyclic) bond motifs is 3. The molecule has 0 aliphatic rings. The molecule has 0 unspecified atom stereocenters. The van der Waals surface area contributed by atoms with Gasteiger partial charge in [0.25, 0.3) is 0 Å². The summed E-state index contributed by atoms with van der Waals surface area (Å²) < 4.78 is 0. The molecule has 0 radical (unpaired) electrons. The topological polar surface area (TPSA) is 32.9 Å². The molecule has 0 spiro atoms. The lowest BCUT2D eigenvalue weighted by Crippen LogP contribution is -2.02. The van der Waals surface area contributed by atoms with Gasteiger partial charge < -0.3 is 4.98 Å². The van der Waals surface area contributed by atoms with Crippen LogP contribution in [0.2, 0.25) is 5.02 Å². The van der Waals surface area contributed by atoms with E-state index < -0.39 is 0 Å². The summed E-state index contributed by atoms with van der Waals surface area (Å²) in [5.41, 5.74) is 0.743. The molecule has 3 heteroatoms. The summed E-state index contributed by atoms with van der Waals surface area (Å²) in [6.45, 7) is 0. The fourth-order valence-electron chi connectivity index (χ4n) is 1.95. The molecule has 0 saturated heterocycles. The Labute approximate surface area is 96.5 Å². The Morgan fingerprint density at radius 2 is 1.75 bits per heavy atom. The molecule has 1 N–H and O–H groups in total. The van der Waals surface area contributed by atoms with Gasteiger partial charge in [0.05, 0.1) is 5.52 Å². The summed E-state index contributed by atoms with van der Waals surface area (Å²) in [6, 6.07) is 13.0. The molecule has 0 saturated carbocycles. The van der Waals surface area contributed by atoms with E-state index in [0.717, 1.165) is 21.7 Å². The number of aromatic amines is 1. The summed E-state index contributed by atoms with van der Waals surface area (Å²) in [5.74, 6) is 0. The van der Waals surface area contributed by atoms with E-state index in [1.807, 2.05) is 36.4 Å². The average Bonchev–Trinajstić information content (AvgIpc) is 2.29. The summed E-state index contributed by atoms with van der Waals surface area (Å²) >= 11 is 6.11. The number of hydrogen-bond donors (Lipinski definition) is 1. The zero-order valence-electron chi connectivity index (χ0n) is 8.33. The van der Waals surface area contributed by atoms with Crippen LogP contribution in [0.15, 0.2) is 47.3 Å². The largest absolute Gasteiger partial charge is 0.321 e. The SMILES string of the molecule is O=c1ccc2ccc3c(Cl)cccc3c2[nH]1. The van der Waals surface area contributed by atoms with Crippen molar-refractivity contribution in [3.05, 3.63) is 57.8 Å². The van der Waals surface area contributed by atoms with Crippen LogP contribution in [0, 0.1) is 0 Å². The summed E-state index contributed by atoms with van der Waals surface area (Å²) in [6.07, 6.45) is 0. The third kappa shape index (κ3) is 1.31. The number of hydrogen-bond acceptors (Lipinski definition) is 1. The van der Waals surface area contributed by atoms with Gasteiger partial charge in [0.15, 0.2) is 0 Å². The maximum absolute atomic E-state index is 11.3. The molecule has 1 heterocycles. The monoisotopic (exact) mass is 229 g/mol. The zero-order valence-corrected chi connectivity index (χ0v) is 9.08. The lowest BCUT2D eigenvalue weighted by molar-refractivity contribution is 1.32. The van der Waals surface area contributed by atoms with Crippen molar-refractivity contribution in [3.8, 4) is 0 Å². The minimum Gasteiger partial charge on any atom is -0.321 e. The van der Waals surface area contributed by atoms with Crippen molar-refractivity contribution >= 4 is 33.3 Å². The van der Waals surface area contributed by atoms with Crippen LogP contribution in [0.5, 0.6) is 0 Å². The van der Waals surface area contributed by atoms with E-state index in [1.165, 1.54) is 6.07 Å². The van der Waals surface area contributed by atoms with Gasteiger partial charge in [0.2, 0.25) is 5.56 Å². The van der Waals surface area contributed by atoms with Crippen LogP contribution >= 0.6 is 11.6 Å². The number of H-pyrrole nitrogens is 1. The van der Waals surface area contributed by atoms with Gasteiger partial charge in [-0.1, -0.05) is 35.9 Å². The predicted molar refractivity (Wildman–Crippen MR) is 67.1 cm³/mol. The van der Waals surface area contributed by atoms with Crippen LogP contribution in [-0.4, -0.2) is 4.98 Å². The minimum absolute atomic E-state index is 0.0972. The second-order valence-electron chi connectivity index (χ2n) is 3.69. The van der Waals surface area contributed by atoms with E-state index in [1.54, 1.807) is 0 Å². The van der Waals surface area contributed by atoms with Crippen LogP contribution in [-0.2, 0) is 0 Å². The van der Waals surface area contributed by atoms with E-state index in [-0.39, 0.29) is 5.56 Å². The quantitative estimate of drug-likeness (QED) is 0.590. The Morgan fingerprint density at radius 1 is 0.938 bits per heavy atom. The fourth-order valence-corrected chi connectivity index (χ4v) is 2.18. The molecule has 3 aromatic rings. The van der Waals surface area contributed by atoms with Crippen LogP contribution in [0.3, 0.4) is 0 Å². The second-order valence-corrected chi connectivity index (χ2v) is 4.09. The highest BCUT2D eigenvalue weighted by molar-refractivity contribution is 6.36. The van der Waals surface area contributed by atoms with E-state index in [9.17, 15) is 4.79 Å². The number of pyridine rings is 1. The molecule has 0 atom stereocenters. The minimum atomic E-state index is -0.0972. The molecule has 16 heavy (non-hydrogen) atoms. The van der Waals surface area contributed by atoms with Gasteiger partial charge in [-0.05, 0) is 17.5 Å². The van der Waals surface area contributed by atoms with Gasteiger partial charge in [0.1, 0.15) is 0 Å². The van der Waals surface area contributed by atoms with Crippen molar-refractivity contribution < 1.29 is 0 Å². The molecule has 0 aliphatic heterocycles. The molecule has 0 bridgehead atoms. The molecule has 0 fully saturated rings. The molecule has 78 valence electrons. The second kappa shape index (κ2) is 3.35. The highest BCUT2D eigenvalue weighted by Gasteiger charge is 2.03.